The molecule has 144 valence electrons. The maximum Gasteiger partial charge on any atom is 0.235 e. The molecule has 0 aliphatic carbocycles. The highest BCUT2D eigenvalue weighted by atomic mass is 32.2. The zero-order valence-corrected chi connectivity index (χ0v) is 16.7. The van der Waals surface area contributed by atoms with E-state index in [1.165, 1.54) is 0 Å². The van der Waals surface area contributed by atoms with Crippen LogP contribution in [0.25, 0.3) is 0 Å². The quantitative estimate of drug-likeness (QED) is 0.825. The predicted octanol–water partition coefficient (Wildman–Crippen LogP) is 2.33. The maximum atomic E-state index is 12.5. The minimum Gasteiger partial charge on any atom is -0.348 e. The lowest BCUT2D eigenvalue weighted by molar-refractivity contribution is -0.142. The first-order valence-corrected chi connectivity index (χ1v) is 10.7. The van der Waals surface area contributed by atoms with E-state index in [1.807, 2.05) is 22.9 Å². The number of thioether (sulfide) groups is 1. The largest absolute Gasteiger partial charge is 0.348 e. The molecule has 2 saturated heterocycles. The van der Waals surface area contributed by atoms with Gasteiger partial charge in [0.15, 0.2) is 0 Å². The van der Waals surface area contributed by atoms with E-state index in [2.05, 4.69) is 16.9 Å². The fourth-order valence-corrected chi connectivity index (χ4v) is 4.96. The van der Waals surface area contributed by atoms with Crippen LogP contribution in [0.4, 0.5) is 0 Å². The number of hydrogen-bond donors (Lipinski definition) is 1. The molecule has 6 nitrogen and oxygen atoms in total. The molecule has 2 fully saturated rings. The molecular formula is C19H30N4O2S. The molecule has 3 rings (SSSR count). The van der Waals surface area contributed by atoms with E-state index in [0.717, 1.165) is 63.3 Å². The molecule has 2 aliphatic rings. The van der Waals surface area contributed by atoms with Crippen molar-refractivity contribution in [3.8, 4) is 0 Å². The smallest absolute Gasteiger partial charge is 0.235 e. The summed E-state index contributed by atoms with van der Waals surface area (Å²) in [6.07, 6.45) is 7.94. The second-order valence-corrected chi connectivity index (χ2v) is 9.18. The first-order chi connectivity index (χ1) is 12.5. The molecule has 1 N–H and O–H groups in total. The lowest BCUT2D eigenvalue weighted by atomic mass is 9.72. The number of nitrogens with one attached hydrogen (secondary N) is 1. The summed E-state index contributed by atoms with van der Waals surface area (Å²) < 4.78 is 0. The van der Waals surface area contributed by atoms with Crippen LogP contribution < -0.4 is 0 Å². The summed E-state index contributed by atoms with van der Waals surface area (Å²) in [4.78, 5) is 36.1. The Hall–Kier alpha value is -1.50. The lowest BCUT2D eigenvalue weighted by Crippen LogP contribution is -2.53. The number of nitrogens with zero attached hydrogens (tertiary/aromatic N) is 3. The number of carbonyl (C=O) groups excluding carboxylic acids is 2. The minimum atomic E-state index is 0.0490. The third kappa shape index (κ3) is 4.42. The van der Waals surface area contributed by atoms with E-state index >= 15 is 0 Å². The van der Waals surface area contributed by atoms with Crippen molar-refractivity contribution in [2.24, 2.45) is 5.41 Å². The molecule has 1 aromatic rings. The fourth-order valence-electron chi connectivity index (χ4n) is 4.17. The second kappa shape index (κ2) is 8.46. The highest BCUT2D eigenvalue weighted by Gasteiger charge is 2.41. The molecule has 0 bridgehead atoms. The molecule has 0 aromatic carbocycles. The molecule has 0 saturated carbocycles. The number of amides is 2. The zero-order valence-electron chi connectivity index (χ0n) is 15.9. The van der Waals surface area contributed by atoms with Gasteiger partial charge in [0.25, 0.3) is 0 Å². The second-order valence-electron chi connectivity index (χ2n) is 7.56. The van der Waals surface area contributed by atoms with Crippen molar-refractivity contribution in [3.63, 3.8) is 0 Å². The van der Waals surface area contributed by atoms with Crippen LogP contribution in [-0.2, 0) is 16.0 Å². The number of piperidine rings is 2. The SMILES string of the molecule is CCSC(C)C(=O)N1CCC2(CCC(=O)N(CCc3cnc[nH]3)C2)CC1. The maximum absolute atomic E-state index is 12.5. The molecule has 26 heavy (non-hydrogen) atoms. The summed E-state index contributed by atoms with van der Waals surface area (Å²) in [6.45, 7) is 7.34. The van der Waals surface area contributed by atoms with Crippen LogP contribution in [0.5, 0.6) is 0 Å². The average molecular weight is 379 g/mol. The predicted molar refractivity (Wildman–Crippen MR) is 104 cm³/mol. The van der Waals surface area contributed by atoms with Crippen molar-refractivity contribution in [1.29, 1.82) is 0 Å². The summed E-state index contributed by atoms with van der Waals surface area (Å²) in [5, 5.41) is 0.0490. The molecule has 2 amide bonds. The number of likely N-dealkylation sites (tertiary alicyclic amines) is 2. The van der Waals surface area contributed by atoms with Gasteiger partial charge in [-0.25, -0.2) is 4.98 Å². The van der Waals surface area contributed by atoms with Crippen LogP contribution in [0.3, 0.4) is 0 Å². The number of hydrogen-bond acceptors (Lipinski definition) is 4. The number of aromatic amines is 1. The van der Waals surface area contributed by atoms with E-state index < -0.39 is 0 Å². The molecular weight excluding hydrogens is 348 g/mol. The Morgan fingerprint density at radius 1 is 1.38 bits per heavy atom. The Kier molecular flexibility index (Phi) is 6.27. The van der Waals surface area contributed by atoms with E-state index in [9.17, 15) is 9.59 Å². The highest BCUT2D eigenvalue weighted by Crippen LogP contribution is 2.40. The van der Waals surface area contributed by atoms with E-state index in [4.69, 9.17) is 0 Å². The summed E-state index contributed by atoms with van der Waals surface area (Å²) in [5.41, 5.74) is 1.26. The molecule has 3 heterocycles. The van der Waals surface area contributed by atoms with Crippen LogP contribution in [-0.4, -0.2) is 68.8 Å². The Labute approximate surface area is 160 Å². The number of aromatic nitrogens is 2. The van der Waals surface area contributed by atoms with Gasteiger partial charge in [-0.05, 0) is 37.4 Å². The molecule has 1 unspecified atom stereocenters. The van der Waals surface area contributed by atoms with Crippen LogP contribution in [0.2, 0.25) is 0 Å². The first-order valence-electron chi connectivity index (χ1n) is 9.68. The Morgan fingerprint density at radius 2 is 2.15 bits per heavy atom. The van der Waals surface area contributed by atoms with Gasteiger partial charge in [0.05, 0.1) is 11.6 Å². The molecule has 1 aromatic heterocycles. The standard InChI is InChI=1S/C19H30N4O2S/c1-3-26-15(2)18(25)22-10-7-19(8-11-22)6-4-17(24)23(13-19)9-5-16-12-20-14-21-16/h12,14-15H,3-11,13H2,1-2H3,(H,20,21). The van der Waals surface area contributed by atoms with E-state index in [1.54, 1.807) is 18.1 Å². The van der Waals surface area contributed by atoms with Crippen molar-refractivity contribution in [2.75, 3.05) is 31.9 Å². The van der Waals surface area contributed by atoms with Gasteiger partial charge in [0.2, 0.25) is 11.8 Å². The average Bonchev–Trinajstić information content (AvgIpc) is 3.16. The van der Waals surface area contributed by atoms with Crippen molar-refractivity contribution in [2.45, 2.75) is 51.2 Å². The lowest BCUT2D eigenvalue weighted by Gasteiger charge is -2.47. The highest BCUT2D eigenvalue weighted by molar-refractivity contribution is 8.00. The molecule has 0 radical (unpaired) electrons. The van der Waals surface area contributed by atoms with E-state index in [0.29, 0.717) is 6.42 Å². The van der Waals surface area contributed by atoms with Gasteiger partial charge in [0.1, 0.15) is 0 Å². The van der Waals surface area contributed by atoms with Gasteiger partial charge in [-0.3, -0.25) is 9.59 Å². The number of rotatable bonds is 6. The zero-order chi connectivity index (χ0) is 18.6. The minimum absolute atomic E-state index is 0.0490. The van der Waals surface area contributed by atoms with Gasteiger partial charge < -0.3 is 14.8 Å². The number of H-pyrrole nitrogens is 1. The van der Waals surface area contributed by atoms with Crippen LogP contribution in [0, 0.1) is 5.41 Å². The number of imidazole rings is 1. The molecule has 1 atom stereocenters. The first kappa shape index (κ1) is 19.3. The van der Waals surface area contributed by atoms with Crippen LogP contribution in [0.1, 0.15) is 45.2 Å². The van der Waals surface area contributed by atoms with Crippen molar-refractivity contribution in [3.05, 3.63) is 18.2 Å². The van der Waals surface area contributed by atoms with Gasteiger partial charge in [-0.15, -0.1) is 11.8 Å². The van der Waals surface area contributed by atoms with Gasteiger partial charge >= 0.3 is 0 Å². The van der Waals surface area contributed by atoms with Gasteiger partial charge in [0, 0.05) is 50.9 Å². The van der Waals surface area contributed by atoms with E-state index in [-0.39, 0.29) is 22.5 Å². The summed E-state index contributed by atoms with van der Waals surface area (Å²) in [6, 6.07) is 0. The third-order valence-corrected chi connectivity index (χ3v) is 6.89. The Bertz CT molecular complexity index is 611. The van der Waals surface area contributed by atoms with Gasteiger partial charge in [-0.1, -0.05) is 6.92 Å². The van der Waals surface area contributed by atoms with Crippen molar-refractivity contribution >= 4 is 23.6 Å². The third-order valence-electron chi connectivity index (χ3n) is 5.85. The molecule has 2 aliphatic heterocycles. The normalized spacial score (nSPS) is 21.2. The number of carbonyl (C=O) groups is 2. The van der Waals surface area contributed by atoms with Crippen molar-refractivity contribution in [1.82, 2.24) is 19.8 Å². The summed E-state index contributed by atoms with van der Waals surface area (Å²) in [7, 11) is 0. The van der Waals surface area contributed by atoms with Crippen LogP contribution >= 0.6 is 11.8 Å². The monoisotopic (exact) mass is 378 g/mol. The van der Waals surface area contributed by atoms with Crippen molar-refractivity contribution < 1.29 is 9.59 Å². The topological polar surface area (TPSA) is 69.3 Å². The van der Waals surface area contributed by atoms with Gasteiger partial charge in [-0.2, -0.15) is 0 Å². The Balaban J connectivity index is 1.54. The van der Waals surface area contributed by atoms with Crippen LogP contribution in [0.15, 0.2) is 12.5 Å². The molecule has 1 spiro atoms. The fraction of sp³-hybridized carbons (Fsp3) is 0.737. The Morgan fingerprint density at radius 3 is 2.81 bits per heavy atom. The molecule has 7 heteroatoms. The summed E-state index contributed by atoms with van der Waals surface area (Å²) >= 11 is 1.71. The summed E-state index contributed by atoms with van der Waals surface area (Å²) in [5.74, 6) is 1.51.